The molecular weight excluding hydrogens is 328 g/mol. The number of nitrogens with one attached hydrogen (secondary N) is 1. The number of likely N-dealkylation sites (N-methyl/N-ethyl adjacent to an activating group) is 1. The number of carbonyl (C=O) groups excluding carboxylic acids is 2. The molecule has 0 bridgehead atoms. The normalized spacial score (nSPS) is 19.3. The molecule has 1 aliphatic heterocycles. The van der Waals surface area contributed by atoms with Crippen LogP contribution in [0.3, 0.4) is 0 Å². The summed E-state index contributed by atoms with van der Waals surface area (Å²) >= 11 is 0. The number of hydrogen-bond acceptors (Lipinski definition) is 4. The summed E-state index contributed by atoms with van der Waals surface area (Å²) in [6, 6.07) is 9.07. The van der Waals surface area contributed by atoms with E-state index in [2.05, 4.69) is 5.32 Å². The molecule has 2 amide bonds. The van der Waals surface area contributed by atoms with Gasteiger partial charge in [0.2, 0.25) is 11.8 Å². The predicted octanol–water partition coefficient (Wildman–Crippen LogP) is 0.852. The minimum absolute atomic E-state index is 0.0211. The molecule has 0 aliphatic carbocycles. The summed E-state index contributed by atoms with van der Waals surface area (Å²) in [5.41, 5.74) is 0.905. The quantitative estimate of drug-likeness (QED) is 0.771. The summed E-state index contributed by atoms with van der Waals surface area (Å²) in [5, 5.41) is 2.69. The van der Waals surface area contributed by atoms with Gasteiger partial charge in [0.1, 0.15) is 0 Å². The fourth-order valence-corrected chi connectivity index (χ4v) is 4.21. The zero-order valence-corrected chi connectivity index (χ0v) is 14.5. The molecule has 0 aromatic heterocycles. The van der Waals surface area contributed by atoms with Gasteiger partial charge in [-0.25, -0.2) is 8.42 Å². The number of sulfone groups is 1. The maximum Gasteiger partial charge on any atom is 0.247 e. The monoisotopic (exact) mass is 350 g/mol. The smallest absolute Gasteiger partial charge is 0.247 e. The molecule has 1 saturated heterocycles. The summed E-state index contributed by atoms with van der Waals surface area (Å²) in [4.78, 5) is 25.6. The van der Waals surface area contributed by atoms with Crippen molar-refractivity contribution in [2.24, 2.45) is 0 Å². The van der Waals surface area contributed by atoms with Crippen molar-refractivity contribution in [2.45, 2.75) is 19.4 Å². The highest BCUT2D eigenvalue weighted by atomic mass is 32.2. The molecule has 24 heavy (non-hydrogen) atoms. The Bertz CT molecular complexity index is 713. The van der Waals surface area contributed by atoms with Gasteiger partial charge < -0.3 is 10.2 Å². The third-order valence-corrected chi connectivity index (χ3v) is 5.61. The fourth-order valence-electron chi connectivity index (χ4n) is 2.54. The second-order valence-electron chi connectivity index (χ2n) is 5.76. The van der Waals surface area contributed by atoms with Gasteiger partial charge in [-0.2, -0.15) is 0 Å². The Morgan fingerprint density at radius 3 is 2.58 bits per heavy atom. The number of benzene rings is 1. The number of hydrogen-bond donors (Lipinski definition) is 1. The molecule has 130 valence electrons. The van der Waals surface area contributed by atoms with Crippen LogP contribution in [0.4, 0.5) is 0 Å². The molecule has 7 heteroatoms. The Morgan fingerprint density at radius 1 is 1.29 bits per heavy atom. The van der Waals surface area contributed by atoms with Crippen molar-refractivity contribution in [3.05, 3.63) is 42.0 Å². The second-order valence-corrected chi connectivity index (χ2v) is 7.99. The zero-order chi connectivity index (χ0) is 17.6. The van der Waals surface area contributed by atoms with E-state index in [0.717, 1.165) is 5.56 Å². The van der Waals surface area contributed by atoms with Crippen molar-refractivity contribution in [2.75, 3.05) is 24.6 Å². The second kappa shape index (κ2) is 8.10. The van der Waals surface area contributed by atoms with E-state index in [0.29, 0.717) is 13.0 Å². The Morgan fingerprint density at radius 2 is 2.00 bits per heavy atom. The van der Waals surface area contributed by atoms with Crippen LogP contribution in [0.5, 0.6) is 0 Å². The summed E-state index contributed by atoms with van der Waals surface area (Å²) in [6.45, 7) is 2.11. The van der Waals surface area contributed by atoms with E-state index >= 15 is 0 Å². The van der Waals surface area contributed by atoms with Crippen LogP contribution in [0.2, 0.25) is 0 Å². The van der Waals surface area contributed by atoms with Gasteiger partial charge in [0.15, 0.2) is 9.84 Å². The van der Waals surface area contributed by atoms with Gasteiger partial charge in [0.05, 0.1) is 18.1 Å². The van der Waals surface area contributed by atoms with Gasteiger partial charge in [-0.3, -0.25) is 9.59 Å². The van der Waals surface area contributed by atoms with E-state index < -0.39 is 9.84 Å². The third-order valence-electron chi connectivity index (χ3n) is 3.84. The number of carbonyl (C=O) groups is 2. The molecule has 2 rings (SSSR count). The van der Waals surface area contributed by atoms with Crippen molar-refractivity contribution in [1.82, 2.24) is 10.2 Å². The Kier molecular flexibility index (Phi) is 6.14. The van der Waals surface area contributed by atoms with Crippen molar-refractivity contribution < 1.29 is 18.0 Å². The molecule has 0 spiro atoms. The molecule has 0 saturated carbocycles. The van der Waals surface area contributed by atoms with Crippen molar-refractivity contribution in [3.8, 4) is 0 Å². The van der Waals surface area contributed by atoms with Crippen LogP contribution in [0.25, 0.3) is 6.08 Å². The number of rotatable bonds is 6. The lowest BCUT2D eigenvalue weighted by molar-refractivity contribution is -0.132. The first-order valence-electron chi connectivity index (χ1n) is 7.91. The summed E-state index contributed by atoms with van der Waals surface area (Å²) in [7, 11) is -3.04. The van der Waals surface area contributed by atoms with Gasteiger partial charge in [-0.05, 0) is 25.0 Å². The molecular formula is C17H22N2O4S. The molecule has 6 nitrogen and oxygen atoms in total. The molecule has 1 heterocycles. The Hall–Kier alpha value is -2.15. The lowest BCUT2D eigenvalue weighted by Gasteiger charge is -2.20. The molecule has 0 radical (unpaired) electrons. The highest BCUT2D eigenvalue weighted by molar-refractivity contribution is 7.91. The van der Waals surface area contributed by atoms with Gasteiger partial charge in [0.25, 0.3) is 0 Å². The van der Waals surface area contributed by atoms with E-state index in [1.54, 1.807) is 13.0 Å². The number of amides is 2. The minimum Gasteiger partial charge on any atom is -0.351 e. The van der Waals surface area contributed by atoms with Crippen LogP contribution in [0.1, 0.15) is 18.9 Å². The first-order chi connectivity index (χ1) is 11.4. The standard InChI is InChI=1S/C17H22N2O4S/c1-2-19(17(21)9-8-14-6-4-3-5-7-14)12-16(20)18-15-10-11-24(22,23)13-15/h3-9,15H,2,10-13H2,1H3,(H,18,20). The fraction of sp³-hybridized carbons (Fsp3) is 0.412. The SMILES string of the molecule is CCN(CC(=O)NC1CCS(=O)(=O)C1)C(=O)C=Cc1ccccc1. The zero-order valence-electron chi connectivity index (χ0n) is 13.6. The Labute approximate surface area is 142 Å². The summed E-state index contributed by atoms with van der Waals surface area (Å²) in [6.07, 6.45) is 3.57. The maximum atomic E-state index is 12.2. The largest absolute Gasteiger partial charge is 0.351 e. The maximum absolute atomic E-state index is 12.2. The lowest BCUT2D eigenvalue weighted by Crippen LogP contribution is -2.44. The van der Waals surface area contributed by atoms with Gasteiger partial charge in [0, 0.05) is 18.7 Å². The van der Waals surface area contributed by atoms with E-state index in [9.17, 15) is 18.0 Å². The van der Waals surface area contributed by atoms with Crippen molar-refractivity contribution in [1.29, 1.82) is 0 Å². The van der Waals surface area contributed by atoms with Crippen molar-refractivity contribution in [3.63, 3.8) is 0 Å². The molecule has 1 N–H and O–H groups in total. The first kappa shape index (κ1) is 18.2. The van der Waals surface area contributed by atoms with Gasteiger partial charge in [-0.1, -0.05) is 30.3 Å². The van der Waals surface area contributed by atoms with Crippen LogP contribution < -0.4 is 5.32 Å². The summed E-state index contributed by atoms with van der Waals surface area (Å²) < 4.78 is 22.8. The lowest BCUT2D eigenvalue weighted by atomic mass is 10.2. The van der Waals surface area contributed by atoms with Crippen LogP contribution in [0.15, 0.2) is 36.4 Å². The molecule has 1 fully saturated rings. The van der Waals surface area contributed by atoms with Crippen LogP contribution in [-0.4, -0.2) is 55.8 Å². The highest BCUT2D eigenvalue weighted by Gasteiger charge is 2.29. The van der Waals surface area contributed by atoms with E-state index in [-0.39, 0.29) is 35.9 Å². The van der Waals surface area contributed by atoms with E-state index in [4.69, 9.17) is 0 Å². The molecule has 1 atom stereocenters. The van der Waals surface area contributed by atoms with Gasteiger partial charge >= 0.3 is 0 Å². The van der Waals surface area contributed by atoms with Crippen molar-refractivity contribution >= 4 is 27.7 Å². The van der Waals surface area contributed by atoms with Crippen LogP contribution in [-0.2, 0) is 19.4 Å². The van der Waals surface area contributed by atoms with E-state index in [1.807, 2.05) is 30.3 Å². The number of nitrogens with zero attached hydrogens (tertiary/aromatic N) is 1. The summed E-state index contributed by atoms with van der Waals surface area (Å²) in [5.74, 6) is -0.503. The van der Waals surface area contributed by atoms with Crippen LogP contribution >= 0.6 is 0 Å². The topological polar surface area (TPSA) is 83.6 Å². The Balaban J connectivity index is 1.87. The average molecular weight is 350 g/mol. The predicted molar refractivity (Wildman–Crippen MR) is 92.9 cm³/mol. The minimum atomic E-state index is -3.04. The van der Waals surface area contributed by atoms with E-state index in [1.165, 1.54) is 11.0 Å². The first-order valence-corrected chi connectivity index (χ1v) is 9.73. The molecule has 1 aromatic carbocycles. The third kappa shape index (κ3) is 5.49. The molecule has 1 unspecified atom stereocenters. The highest BCUT2D eigenvalue weighted by Crippen LogP contribution is 2.11. The molecule has 1 aromatic rings. The van der Waals surface area contributed by atoms with Crippen LogP contribution in [0, 0.1) is 0 Å². The average Bonchev–Trinajstić information content (AvgIpc) is 2.89. The van der Waals surface area contributed by atoms with Gasteiger partial charge in [-0.15, -0.1) is 0 Å². The molecule has 1 aliphatic rings.